The standard InChI is InChI=1S/C39H49FN4O5Si/c1-25-17-28(15-16-41-25)37-31-19-27(12-13-29(31)20-42-37)35(45)18-26-11-14-34(43(21-26)23-32-33(40)9-8-10-36(32)47-5)38(46)44-22-30(24-48-44)49-50(6,7)39(2,3)4/h8-10,12-13,15-17,19,26,30,34H,11,14,18,20-24H2,1-7H3/t26-,30?,34-/m0/s1. The van der Waals surface area contributed by atoms with Gasteiger partial charge in [-0.15, -0.1) is 0 Å². The van der Waals surface area contributed by atoms with Crippen LogP contribution in [-0.4, -0.2) is 79.6 Å². The van der Waals surface area contributed by atoms with Crippen molar-refractivity contribution < 1.29 is 28.0 Å². The van der Waals surface area contributed by atoms with Crippen molar-refractivity contribution in [1.82, 2.24) is 14.9 Å². The number of likely N-dealkylation sites (tertiary alicyclic amines) is 1. The molecular formula is C39H49FN4O5Si. The Morgan fingerprint density at radius 3 is 2.62 bits per heavy atom. The van der Waals surface area contributed by atoms with Crippen LogP contribution in [0.5, 0.6) is 5.75 Å². The van der Waals surface area contributed by atoms with Crippen LogP contribution in [0.15, 0.2) is 59.7 Å². The van der Waals surface area contributed by atoms with Crippen LogP contribution < -0.4 is 4.74 Å². The van der Waals surface area contributed by atoms with Crippen molar-refractivity contribution in [3.05, 3.63) is 94.1 Å². The van der Waals surface area contributed by atoms with Crippen LogP contribution in [0.25, 0.3) is 0 Å². The molecule has 0 bridgehead atoms. The average Bonchev–Trinajstić information content (AvgIpc) is 3.71. The minimum atomic E-state index is -2.06. The number of Topliss-reactive ketones (excluding diaryl/α,β-unsaturated/α-hetero) is 1. The molecule has 0 aliphatic carbocycles. The second-order valence-electron chi connectivity index (χ2n) is 15.4. The van der Waals surface area contributed by atoms with Gasteiger partial charge in [-0.1, -0.05) is 39.0 Å². The number of hydroxylamine groups is 2. The van der Waals surface area contributed by atoms with Gasteiger partial charge in [0, 0.05) is 53.7 Å². The number of carbonyl (C=O) groups excluding carboxylic acids is 2. The van der Waals surface area contributed by atoms with Gasteiger partial charge in [0.25, 0.3) is 5.91 Å². The highest BCUT2D eigenvalue weighted by molar-refractivity contribution is 6.74. The van der Waals surface area contributed by atoms with Gasteiger partial charge in [-0.2, -0.15) is 0 Å². The number of pyridine rings is 1. The maximum Gasteiger partial charge on any atom is 0.263 e. The van der Waals surface area contributed by atoms with Crippen LogP contribution in [0.2, 0.25) is 18.1 Å². The Labute approximate surface area is 295 Å². The monoisotopic (exact) mass is 700 g/mol. The van der Waals surface area contributed by atoms with Crippen LogP contribution in [0.3, 0.4) is 0 Å². The third-order valence-electron chi connectivity index (χ3n) is 10.8. The molecule has 0 radical (unpaired) electrons. The Balaban J connectivity index is 1.18. The SMILES string of the molecule is COc1cccc(F)c1CN1C[C@H](CC(=O)c2ccc3c(c2)C(c2ccnc(C)c2)=NC3)CC[C@H]1C(=O)N1CC(O[Si](C)(C)C(C)(C)C)CO1. The number of methoxy groups -OCH3 is 1. The minimum absolute atomic E-state index is 0.0253. The molecule has 266 valence electrons. The lowest BCUT2D eigenvalue weighted by atomic mass is 9.86. The number of aryl methyl sites for hydroxylation is 1. The van der Waals surface area contributed by atoms with Gasteiger partial charge in [-0.05, 0) is 79.7 Å². The molecule has 1 amide bonds. The lowest BCUT2D eigenvalue weighted by Crippen LogP contribution is -2.52. The summed E-state index contributed by atoms with van der Waals surface area (Å²) in [5, 5.41) is 1.47. The van der Waals surface area contributed by atoms with Crippen molar-refractivity contribution in [3.63, 3.8) is 0 Å². The Morgan fingerprint density at radius 2 is 1.88 bits per heavy atom. The zero-order valence-electron chi connectivity index (χ0n) is 30.3. The number of rotatable bonds is 10. The second kappa shape index (κ2) is 14.5. The molecule has 1 unspecified atom stereocenters. The largest absolute Gasteiger partial charge is 0.496 e. The highest BCUT2D eigenvalue weighted by atomic mass is 28.4. The van der Waals surface area contributed by atoms with E-state index in [0.29, 0.717) is 62.4 Å². The number of piperidine rings is 1. The first-order valence-electron chi connectivity index (χ1n) is 17.6. The first kappa shape index (κ1) is 36.0. The van der Waals surface area contributed by atoms with Crippen molar-refractivity contribution >= 4 is 25.7 Å². The number of aromatic nitrogens is 1. The predicted octanol–water partition coefficient (Wildman–Crippen LogP) is 6.91. The smallest absolute Gasteiger partial charge is 0.263 e. The van der Waals surface area contributed by atoms with E-state index in [1.54, 1.807) is 18.3 Å². The summed E-state index contributed by atoms with van der Waals surface area (Å²) in [6.07, 6.45) is 3.09. The fourth-order valence-corrected chi connectivity index (χ4v) is 8.29. The molecule has 3 aliphatic rings. The zero-order valence-corrected chi connectivity index (χ0v) is 31.3. The maximum absolute atomic E-state index is 15.2. The Morgan fingerprint density at radius 1 is 1.08 bits per heavy atom. The first-order valence-corrected chi connectivity index (χ1v) is 20.5. The van der Waals surface area contributed by atoms with Crippen molar-refractivity contribution in [1.29, 1.82) is 0 Å². The van der Waals surface area contributed by atoms with Gasteiger partial charge in [0.1, 0.15) is 18.2 Å². The summed E-state index contributed by atoms with van der Waals surface area (Å²) in [5.74, 6) is -0.119. The van der Waals surface area contributed by atoms with E-state index in [9.17, 15) is 9.59 Å². The number of hydrogen-bond acceptors (Lipinski definition) is 8. The quantitative estimate of drug-likeness (QED) is 0.168. The fourth-order valence-electron chi connectivity index (χ4n) is 6.96. The molecule has 3 aliphatic heterocycles. The second-order valence-corrected chi connectivity index (χ2v) is 20.1. The molecule has 1 aromatic heterocycles. The van der Waals surface area contributed by atoms with E-state index < -0.39 is 20.2 Å². The molecule has 4 heterocycles. The average molecular weight is 701 g/mol. The number of halogens is 1. The number of fused-ring (bicyclic) bond motifs is 1. The molecule has 3 atom stereocenters. The van der Waals surface area contributed by atoms with Gasteiger partial charge in [0.05, 0.1) is 38.1 Å². The van der Waals surface area contributed by atoms with Gasteiger partial charge in [0.2, 0.25) is 0 Å². The third kappa shape index (κ3) is 7.61. The Kier molecular flexibility index (Phi) is 10.4. The molecular weight excluding hydrogens is 652 g/mol. The van der Waals surface area contributed by atoms with E-state index in [2.05, 4.69) is 38.8 Å². The molecule has 2 aromatic carbocycles. The molecule has 0 spiro atoms. The summed E-state index contributed by atoms with van der Waals surface area (Å²) in [7, 11) is -0.547. The summed E-state index contributed by atoms with van der Waals surface area (Å²) in [4.78, 5) is 44.9. The number of aliphatic imine (C=N–C) groups is 1. The van der Waals surface area contributed by atoms with Crippen LogP contribution in [-0.2, 0) is 27.1 Å². The normalized spacial score (nSPS) is 21.2. The molecule has 50 heavy (non-hydrogen) atoms. The van der Waals surface area contributed by atoms with Crippen LogP contribution in [0.4, 0.5) is 4.39 Å². The number of ketones is 1. The number of nitrogens with zero attached hydrogens (tertiary/aromatic N) is 4. The Bertz CT molecular complexity index is 1790. The van der Waals surface area contributed by atoms with Crippen LogP contribution in [0.1, 0.15) is 78.3 Å². The third-order valence-corrected chi connectivity index (χ3v) is 15.3. The van der Waals surface area contributed by atoms with E-state index >= 15 is 4.39 Å². The highest BCUT2D eigenvalue weighted by Gasteiger charge is 2.44. The molecule has 2 saturated heterocycles. The molecule has 0 N–H and O–H groups in total. The van der Waals surface area contributed by atoms with Gasteiger partial charge in [-0.3, -0.25) is 29.3 Å². The van der Waals surface area contributed by atoms with Crippen molar-refractivity contribution in [2.75, 3.05) is 26.8 Å². The van der Waals surface area contributed by atoms with E-state index in [4.69, 9.17) is 19.0 Å². The van der Waals surface area contributed by atoms with E-state index in [1.165, 1.54) is 18.2 Å². The van der Waals surface area contributed by atoms with E-state index in [1.807, 2.05) is 42.2 Å². The number of amides is 1. The number of hydrogen-bond donors (Lipinski definition) is 0. The molecule has 9 nitrogen and oxygen atoms in total. The number of carbonyl (C=O) groups is 2. The lowest BCUT2D eigenvalue weighted by molar-refractivity contribution is -0.176. The topological polar surface area (TPSA) is 93.6 Å². The number of ether oxygens (including phenoxy) is 1. The molecule has 3 aromatic rings. The lowest BCUT2D eigenvalue weighted by Gasteiger charge is -2.40. The van der Waals surface area contributed by atoms with Crippen molar-refractivity contribution in [3.8, 4) is 5.75 Å². The van der Waals surface area contributed by atoms with Gasteiger partial charge in [0.15, 0.2) is 14.1 Å². The first-order chi connectivity index (χ1) is 23.7. The van der Waals surface area contributed by atoms with Crippen molar-refractivity contribution in [2.24, 2.45) is 10.9 Å². The summed E-state index contributed by atoms with van der Waals surface area (Å²) in [5.41, 5.74) is 5.88. The van der Waals surface area contributed by atoms with Crippen LogP contribution in [0, 0.1) is 18.7 Å². The molecule has 11 heteroatoms. The zero-order chi connectivity index (χ0) is 35.8. The summed E-state index contributed by atoms with van der Waals surface area (Å²) in [6, 6.07) is 14.0. The van der Waals surface area contributed by atoms with Crippen LogP contribution >= 0.6 is 0 Å². The maximum atomic E-state index is 15.2. The van der Waals surface area contributed by atoms with E-state index in [-0.39, 0.29) is 35.3 Å². The molecule has 2 fully saturated rings. The minimum Gasteiger partial charge on any atom is -0.496 e. The number of benzene rings is 2. The van der Waals surface area contributed by atoms with Gasteiger partial charge < -0.3 is 9.16 Å². The Hall–Kier alpha value is -3.77. The van der Waals surface area contributed by atoms with Crippen molar-refractivity contribution in [2.45, 2.75) is 90.3 Å². The molecule has 0 saturated carbocycles. The fraction of sp³-hybridized carbons (Fsp3) is 0.487. The summed E-state index contributed by atoms with van der Waals surface area (Å²) < 4.78 is 27.3. The molecule has 6 rings (SSSR count). The van der Waals surface area contributed by atoms with E-state index in [0.717, 1.165) is 28.1 Å². The van der Waals surface area contributed by atoms with Gasteiger partial charge >= 0.3 is 0 Å². The van der Waals surface area contributed by atoms with Gasteiger partial charge in [-0.25, -0.2) is 9.45 Å². The predicted molar refractivity (Wildman–Crippen MR) is 193 cm³/mol. The highest BCUT2D eigenvalue weighted by Crippen LogP contribution is 2.38. The summed E-state index contributed by atoms with van der Waals surface area (Å²) in [6.45, 7) is 14.8. The summed E-state index contributed by atoms with van der Waals surface area (Å²) >= 11 is 0.